The molecule has 0 atom stereocenters. The van der Waals surface area contributed by atoms with E-state index in [1.54, 1.807) is 29.4 Å². The second-order valence-electron chi connectivity index (χ2n) is 10.1. The molecule has 0 aliphatic carbocycles. The van der Waals surface area contributed by atoms with E-state index >= 15 is 0 Å². The summed E-state index contributed by atoms with van der Waals surface area (Å²) in [5.74, 6) is -0.196. The molecule has 0 spiro atoms. The Hall–Kier alpha value is -1.44. The van der Waals surface area contributed by atoms with Gasteiger partial charge in [-0.2, -0.15) is 4.31 Å². The number of piperidine rings is 2. The number of hydrogen-bond donors (Lipinski definition) is 2. The van der Waals surface area contributed by atoms with Gasteiger partial charge in [0.05, 0.1) is 16.0 Å². The molecule has 6 nitrogen and oxygen atoms in total. The number of rotatable bonds is 4. The van der Waals surface area contributed by atoms with Crippen molar-refractivity contribution in [2.45, 2.75) is 88.7 Å². The molecule has 2 fully saturated rings. The van der Waals surface area contributed by atoms with Crippen LogP contribution in [-0.2, 0) is 10.0 Å². The van der Waals surface area contributed by atoms with E-state index in [-0.39, 0.29) is 27.9 Å². The molecule has 2 saturated heterocycles. The van der Waals surface area contributed by atoms with Gasteiger partial charge < -0.3 is 10.6 Å². The number of hydrogen-bond acceptors (Lipinski definition) is 3. The van der Waals surface area contributed by atoms with Crippen molar-refractivity contribution in [1.82, 2.24) is 9.62 Å². The summed E-state index contributed by atoms with van der Waals surface area (Å²) in [5.41, 5.74) is 1.20. The summed E-state index contributed by atoms with van der Waals surface area (Å²) >= 11 is 0. The third-order valence-corrected chi connectivity index (χ3v) is 8.09. The number of sulfonamides is 1. The van der Waals surface area contributed by atoms with Gasteiger partial charge in [-0.15, -0.1) is 0 Å². The van der Waals surface area contributed by atoms with Crippen LogP contribution < -0.4 is 10.6 Å². The number of aryl methyl sites for hydroxylation is 1. The molecule has 29 heavy (non-hydrogen) atoms. The van der Waals surface area contributed by atoms with Crippen LogP contribution in [0.2, 0.25) is 0 Å². The first-order chi connectivity index (χ1) is 13.4. The average Bonchev–Trinajstić information content (AvgIpc) is 2.59. The van der Waals surface area contributed by atoms with Crippen LogP contribution in [0.4, 0.5) is 0 Å². The summed E-state index contributed by atoms with van der Waals surface area (Å²) in [6.45, 7) is 11.7. The summed E-state index contributed by atoms with van der Waals surface area (Å²) in [4.78, 5) is 13.2. The first-order valence-corrected chi connectivity index (χ1v) is 12.1. The maximum atomic E-state index is 13.1. The molecule has 0 saturated carbocycles. The van der Waals surface area contributed by atoms with Crippen LogP contribution in [0.15, 0.2) is 23.1 Å². The zero-order valence-electron chi connectivity index (χ0n) is 18.4. The summed E-state index contributed by atoms with van der Waals surface area (Å²) in [6, 6.07) is 5.10. The first kappa shape index (κ1) is 22.2. The summed E-state index contributed by atoms with van der Waals surface area (Å²) < 4.78 is 27.8. The van der Waals surface area contributed by atoms with Gasteiger partial charge in [-0.05, 0) is 65.2 Å². The Morgan fingerprint density at radius 1 is 1.07 bits per heavy atom. The molecule has 0 unspecified atom stereocenters. The van der Waals surface area contributed by atoms with E-state index in [0.29, 0.717) is 24.2 Å². The summed E-state index contributed by atoms with van der Waals surface area (Å²) in [5, 5.41) is 5.53. The van der Waals surface area contributed by atoms with Crippen LogP contribution in [-0.4, -0.2) is 48.8 Å². The van der Waals surface area contributed by atoms with Crippen molar-refractivity contribution < 1.29 is 18.5 Å². The molecule has 0 bridgehead atoms. The van der Waals surface area contributed by atoms with Crippen LogP contribution in [0.25, 0.3) is 0 Å². The van der Waals surface area contributed by atoms with E-state index in [1.807, 2.05) is 0 Å². The van der Waals surface area contributed by atoms with E-state index in [0.717, 1.165) is 32.1 Å². The molecule has 7 heteroatoms. The molecule has 0 aromatic heterocycles. The van der Waals surface area contributed by atoms with Crippen molar-refractivity contribution in [3.63, 3.8) is 0 Å². The van der Waals surface area contributed by atoms with E-state index in [1.165, 1.54) is 0 Å². The van der Waals surface area contributed by atoms with Gasteiger partial charge in [-0.1, -0.05) is 12.5 Å². The topological polar surface area (TPSA) is 83.1 Å². The van der Waals surface area contributed by atoms with Gasteiger partial charge in [0, 0.05) is 37.5 Å². The third-order valence-electron chi connectivity index (χ3n) is 6.04. The van der Waals surface area contributed by atoms with Crippen LogP contribution in [0.1, 0.15) is 75.7 Å². The van der Waals surface area contributed by atoms with E-state index in [4.69, 9.17) is 0 Å². The second kappa shape index (κ2) is 8.00. The van der Waals surface area contributed by atoms with Crippen LogP contribution in [0.3, 0.4) is 0 Å². The predicted octanol–water partition coefficient (Wildman–Crippen LogP) is 2.18. The highest BCUT2D eigenvalue weighted by atomic mass is 32.2. The maximum absolute atomic E-state index is 13.1. The van der Waals surface area contributed by atoms with Crippen molar-refractivity contribution in [2.24, 2.45) is 0 Å². The molecule has 2 aliphatic heterocycles. The van der Waals surface area contributed by atoms with Crippen molar-refractivity contribution in [3.8, 4) is 0 Å². The molecule has 1 amide bonds. The zero-order valence-corrected chi connectivity index (χ0v) is 19.2. The van der Waals surface area contributed by atoms with Crippen LogP contribution in [0, 0.1) is 6.92 Å². The van der Waals surface area contributed by atoms with Crippen molar-refractivity contribution in [1.29, 1.82) is 0 Å². The molecule has 3 rings (SSSR count). The highest BCUT2D eigenvalue weighted by Gasteiger charge is 2.42. The molecular weight excluding hydrogens is 386 g/mol. The number of nitrogens with zero attached hydrogens (tertiary/aromatic N) is 1. The number of carbonyl (C=O) groups excluding carboxylic acids is 1. The normalized spacial score (nSPS) is 22.9. The predicted molar refractivity (Wildman–Crippen MR) is 114 cm³/mol. The fourth-order valence-electron chi connectivity index (χ4n) is 5.15. The first-order valence-electron chi connectivity index (χ1n) is 10.7. The fraction of sp³-hybridized carbons (Fsp3) is 0.682. The minimum absolute atomic E-state index is 0.0513. The Morgan fingerprint density at radius 3 is 2.24 bits per heavy atom. The lowest BCUT2D eigenvalue weighted by molar-refractivity contribution is -0.787. The minimum Gasteiger partial charge on any atom is -0.349 e. The highest BCUT2D eigenvalue weighted by Crippen LogP contribution is 2.25. The standard InChI is InChI=1S/C22H35N3O3S/c1-16-9-10-17(13-19(16)29(27,28)25-11-7-6-8-12-25)20(26)23-18-14-21(2,3)24-22(4,5)15-18/h9-10,13,18,24H,6-8,11-12,14-15H2,1-5H3,(H,23,26)/p+1. The van der Waals surface area contributed by atoms with Gasteiger partial charge in [0.2, 0.25) is 10.0 Å². The van der Waals surface area contributed by atoms with E-state index < -0.39 is 10.0 Å². The molecule has 162 valence electrons. The summed E-state index contributed by atoms with van der Waals surface area (Å²) in [6.07, 6.45) is 4.62. The third kappa shape index (κ3) is 5.19. The quantitative estimate of drug-likeness (QED) is 0.780. The Labute approximate surface area is 175 Å². The van der Waals surface area contributed by atoms with Crippen molar-refractivity contribution in [2.75, 3.05) is 13.1 Å². The Bertz CT molecular complexity index is 855. The molecule has 2 aliphatic rings. The number of amides is 1. The number of nitrogens with two attached hydrogens (primary N) is 1. The Morgan fingerprint density at radius 2 is 1.66 bits per heavy atom. The number of quaternary nitrogens is 1. The van der Waals surface area contributed by atoms with Gasteiger partial charge in [0.25, 0.3) is 5.91 Å². The SMILES string of the molecule is Cc1ccc(C(=O)NC2CC(C)(C)[NH2+]C(C)(C)C2)cc1S(=O)(=O)N1CCCCC1. The zero-order chi connectivity index (χ0) is 21.4. The van der Waals surface area contributed by atoms with Crippen molar-refractivity contribution >= 4 is 15.9 Å². The molecule has 3 N–H and O–H groups in total. The highest BCUT2D eigenvalue weighted by molar-refractivity contribution is 7.89. The minimum atomic E-state index is -3.57. The average molecular weight is 423 g/mol. The number of nitrogens with one attached hydrogen (secondary N) is 1. The van der Waals surface area contributed by atoms with Gasteiger partial charge >= 0.3 is 0 Å². The molecule has 0 radical (unpaired) electrons. The largest absolute Gasteiger partial charge is 0.349 e. The smallest absolute Gasteiger partial charge is 0.251 e. The molecule has 1 aromatic carbocycles. The van der Waals surface area contributed by atoms with Gasteiger partial charge in [-0.25, -0.2) is 8.42 Å². The second-order valence-corrected chi connectivity index (χ2v) is 12.1. The Balaban J connectivity index is 1.81. The molecule has 1 aromatic rings. The maximum Gasteiger partial charge on any atom is 0.251 e. The Kier molecular flexibility index (Phi) is 6.14. The lowest BCUT2D eigenvalue weighted by atomic mass is 9.79. The fourth-order valence-corrected chi connectivity index (χ4v) is 6.92. The summed E-state index contributed by atoms with van der Waals surface area (Å²) in [7, 11) is -3.57. The lowest BCUT2D eigenvalue weighted by Crippen LogP contribution is -3.06. The van der Waals surface area contributed by atoms with Gasteiger partial charge in [0.1, 0.15) is 0 Å². The van der Waals surface area contributed by atoms with E-state index in [9.17, 15) is 13.2 Å². The number of benzene rings is 1. The molecule has 2 heterocycles. The van der Waals surface area contributed by atoms with Crippen LogP contribution >= 0.6 is 0 Å². The van der Waals surface area contributed by atoms with Gasteiger partial charge in [0.15, 0.2) is 0 Å². The lowest BCUT2D eigenvalue weighted by Gasteiger charge is -2.43. The van der Waals surface area contributed by atoms with E-state index in [2.05, 4.69) is 38.3 Å². The monoisotopic (exact) mass is 422 g/mol. The molecular formula is C22H36N3O3S+. The van der Waals surface area contributed by atoms with Gasteiger partial charge in [-0.3, -0.25) is 4.79 Å². The van der Waals surface area contributed by atoms with Crippen molar-refractivity contribution in [3.05, 3.63) is 29.3 Å². The van der Waals surface area contributed by atoms with Crippen LogP contribution in [0.5, 0.6) is 0 Å². The number of carbonyl (C=O) groups is 1.